The maximum Gasteiger partial charge on any atom is 0.305 e. The molecule has 3 aromatic carbocycles. The van der Waals surface area contributed by atoms with Crippen LogP contribution in [0.2, 0.25) is 10.0 Å². The molecule has 0 saturated carbocycles. The van der Waals surface area contributed by atoms with E-state index in [0.29, 0.717) is 38.4 Å². The van der Waals surface area contributed by atoms with Gasteiger partial charge in [-0.05, 0) is 72.1 Å². The molecular formula is C28H25Cl2N5O4. The molecule has 39 heavy (non-hydrogen) atoms. The van der Waals surface area contributed by atoms with Gasteiger partial charge in [0, 0.05) is 52.2 Å². The SMILES string of the molecule is O=C(O)CC(c1cc(Cl)cc(Cl)c1)N1Cc2ccc(NC(=O)c3ccc(NC4=NCCCN4)cc3)cc2C1=O. The summed E-state index contributed by atoms with van der Waals surface area (Å²) in [6.45, 7) is 1.85. The zero-order valence-electron chi connectivity index (χ0n) is 20.7. The summed E-state index contributed by atoms with van der Waals surface area (Å²) in [5, 5.41) is 19.4. The van der Waals surface area contributed by atoms with Crippen LogP contribution in [0.4, 0.5) is 11.4 Å². The zero-order valence-corrected chi connectivity index (χ0v) is 22.2. The Morgan fingerprint density at radius 2 is 1.74 bits per heavy atom. The molecule has 4 N–H and O–H groups in total. The standard InChI is InChI=1S/C28H25Cl2N5O4/c29-19-10-18(11-20(30)12-19)24(14-25(36)37)35-15-17-4-7-22(13-23(17)27(35)39)33-26(38)16-2-5-21(6-3-16)34-28-31-8-1-9-32-28/h2-7,10-13,24H,1,8-9,14-15H2,(H,33,38)(H,36,37)(H2,31,32,34). The third kappa shape index (κ3) is 6.16. The Balaban J connectivity index is 1.30. The van der Waals surface area contributed by atoms with Crippen molar-refractivity contribution < 1.29 is 19.5 Å². The summed E-state index contributed by atoms with van der Waals surface area (Å²) in [5.41, 5.74) is 3.38. The Labute approximate surface area is 234 Å². The number of hydrogen-bond donors (Lipinski definition) is 4. The van der Waals surface area contributed by atoms with E-state index >= 15 is 0 Å². The van der Waals surface area contributed by atoms with Gasteiger partial charge in [0.1, 0.15) is 0 Å². The Bertz CT molecular complexity index is 1460. The minimum atomic E-state index is -1.06. The van der Waals surface area contributed by atoms with Gasteiger partial charge in [-0.15, -0.1) is 0 Å². The largest absolute Gasteiger partial charge is 0.481 e. The second-order valence-electron chi connectivity index (χ2n) is 9.29. The molecule has 0 aliphatic carbocycles. The fourth-order valence-electron chi connectivity index (χ4n) is 4.66. The van der Waals surface area contributed by atoms with Gasteiger partial charge in [0.05, 0.1) is 12.5 Å². The number of amides is 2. The number of anilines is 2. The molecule has 200 valence electrons. The fourth-order valence-corrected chi connectivity index (χ4v) is 5.20. The third-order valence-electron chi connectivity index (χ3n) is 6.52. The summed E-state index contributed by atoms with van der Waals surface area (Å²) in [5.74, 6) is -1.01. The minimum absolute atomic E-state index is 0.221. The molecule has 2 heterocycles. The Morgan fingerprint density at radius 1 is 1.03 bits per heavy atom. The number of carboxylic acids is 1. The van der Waals surface area contributed by atoms with Crippen LogP contribution in [0.3, 0.4) is 0 Å². The number of halogens is 2. The minimum Gasteiger partial charge on any atom is -0.481 e. The highest BCUT2D eigenvalue weighted by Gasteiger charge is 2.35. The lowest BCUT2D eigenvalue weighted by Gasteiger charge is -2.27. The molecule has 0 radical (unpaired) electrons. The van der Waals surface area contributed by atoms with Gasteiger partial charge < -0.3 is 26.0 Å². The van der Waals surface area contributed by atoms with Crippen LogP contribution < -0.4 is 16.0 Å². The molecule has 1 unspecified atom stereocenters. The molecular weight excluding hydrogens is 541 g/mol. The molecule has 9 nitrogen and oxygen atoms in total. The number of carboxylic acid groups (broad SMARTS) is 1. The van der Waals surface area contributed by atoms with Gasteiger partial charge in [-0.25, -0.2) is 0 Å². The van der Waals surface area contributed by atoms with E-state index in [9.17, 15) is 19.5 Å². The van der Waals surface area contributed by atoms with E-state index < -0.39 is 12.0 Å². The van der Waals surface area contributed by atoms with Gasteiger partial charge >= 0.3 is 5.97 Å². The van der Waals surface area contributed by atoms with Crippen LogP contribution in [0.1, 0.15) is 50.7 Å². The molecule has 0 saturated heterocycles. The van der Waals surface area contributed by atoms with Crippen molar-refractivity contribution in [3.8, 4) is 0 Å². The molecule has 2 aliphatic heterocycles. The first-order valence-electron chi connectivity index (χ1n) is 12.4. The van der Waals surface area contributed by atoms with Gasteiger partial charge in [-0.3, -0.25) is 19.4 Å². The lowest BCUT2D eigenvalue weighted by atomic mass is 10.0. The first-order valence-corrected chi connectivity index (χ1v) is 13.1. The molecule has 0 spiro atoms. The van der Waals surface area contributed by atoms with Crippen molar-refractivity contribution in [1.29, 1.82) is 0 Å². The Hall–Kier alpha value is -4.08. The van der Waals surface area contributed by atoms with Crippen molar-refractivity contribution in [2.45, 2.75) is 25.4 Å². The number of nitrogens with one attached hydrogen (secondary N) is 3. The molecule has 0 fully saturated rings. The van der Waals surface area contributed by atoms with Gasteiger partial charge in [0.2, 0.25) is 0 Å². The lowest BCUT2D eigenvalue weighted by molar-refractivity contribution is -0.138. The maximum atomic E-state index is 13.4. The average molecular weight is 566 g/mol. The van der Waals surface area contributed by atoms with Crippen molar-refractivity contribution in [2.75, 3.05) is 23.7 Å². The lowest BCUT2D eigenvalue weighted by Crippen LogP contribution is -2.35. The number of benzene rings is 3. The number of hydrogen-bond acceptors (Lipinski definition) is 6. The van der Waals surface area contributed by atoms with E-state index in [4.69, 9.17) is 23.2 Å². The summed E-state index contributed by atoms with van der Waals surface area (Å²) in [7, 11) is 0. The molecule has 2 aliphatic rings. The average Bonchev–Trinajstić information content (AvgIpc) is 3.23. The van der Waals surface area contributed by atoms with Gasteiger partial charge in [-0.1, -0.05) is 29.3 Å². The van der Waals surface area contributed by atoms with Crippen LogP contribution in [0.15, 0.2) is 65.7 Å². The fraction of sp³-hybridized carbons (Fsp3) is 0.214. The summed E-state index contributed by atoms with van der Waals surface area (Å²) in [6, 6.07) is 16.1. The van der Waals surface area contributed by atoms with Crippen molar-refractivity contribution in [2.24, 2.45) is 4.99 Å². The van der Waals surface area contributed by atoms with Crippen LogP contribution in [-0.2, 0) is 11.3 Å². The van der Waals surface area contributed by atoms with Crippen LogP contribution in [0, 0.1) is 0 Å². The third-order valence-corrected chi connectivity index (χ3v) is 6.96. The number of nitrogens with zero attached hydrogens (tertiary/aromatic N) is 2. The molecule has 2 amide bonds. The number of fused-ring (bicyclic) bond motifs is 1. The highest BCUT2D eigenvalue weighted by atomic mass is 35.5. The number of aliphatic imine (C=N–C) groups is 1. The van der Waals surface area contributed by atoms with Crippen molar-refractivity contribution in [3.05, 3.63) is 93.0 Å². The van der Waals surface area contributed by atoms with E-state index in [1.165, 1.54) is 4.90 Å². The summed E-state index contributed by atoms with van der Waals surface area (Å²) >= 11 is 12.3. The van der Waals surface area contributed by atoms with Crippen LogP contribution in [0.25, 0.3) is 0 Å². The van der Waals surface area contributed by atoms with E-state index in [0.717, 1.165) is 30.8 Å². The van der Waals surface area contributed by atoms with Gasteiger partial charge in [-0.2, -0.15) is 0 Å². The smallest absolute Gasteiger partial charge is 0.305 e. The van der Waals surface area contributed by atoms with Crippen molar-refractivity contribution >= 4 is 58.3 Å². The highest BCUT2D eigenvalue weighted by molar-refractivity contribution is 6.34. The number of aliphatic carboxylic acids is 1. The van der Waals surface area contributed by atoms with Crippen LogP contribution in [0.5, 0.6) is 0 Å². The summed E-state index contributed by atoms with van der Waals surface area (Å²) < 4.78 is 0. The maximum absolute atomic E-state index is 13.4. The summed E-state index contributed by atoms with van der Waals surface area (Å²) in [6.07, 6.45) is 0.685. The molecule has 11 heteroatoms. The first-order chi connectivity index (χ1) is 18.8. The molecule has 0 aromatic heterocycles. The Kier molecular flexibility index (Phi) is 7.72. The Morgan fingerprint density at radius 3 is 2.41 bits per heavy atom. The highest BCUT2D eigenvalue weighted by Crippen LogP contribution is 2.36. The number of rotatable bonds is 7. The predicted octanol–water partition coefficient (Wildman–Crippen LogP) is 5.18. The molecule has 1 atom stereocenters. The number of carbonyl (C=O) groups excluding carboxylic acids is 2. The van der Waals surface area contributed by atoms with E-state index in [-0.39, 0.29) is 24.8 Å². The predicted molar refractivity (Wildman–Crippen MR) is 151 cm³/mol. The van der Waals surface area contributed by atoms with E-state index in [1.54, 1.807) is 60.7 Å². The van der Waals surface area contributed by atoms with Crippen molar-refractivity contribution in [3.63, 3.8) is 0 Å². The van der Waals surface area contributed by atoms with Crippen molar-refractivity contribution in [1.82, 2.24) is 10.2 Å². The van der Waals surface area contributed by atoms with E-state index in [1.807, 2.05) is 0 Å². The van der Waals surface area contributed by atoms with Gasteiger partial charge in [0.15, 0.2) is 5.96 Å². The second kappa shape index (κ2) is 11.3. The number of guanidine groups is 1. The van der Waals surface area contributed by atoms with Crippen LogP contribution in [-0.4, -0.2) is 46.8 Å². The zero-order chi connectivity index (χ0) is 27.5. The molecule has 3 aromatic rings. The van der Waals surface area contributed by atoms with Crippen LogP contribution >= 0.6 is 23.2 Å². The first kappa shape index (κ1) is 26.5. The van der Waals surface area contributed by atoms with E-state index in [2.05, 4.69) is 20.9 Å². The monoisotopic (exact) mass is 565 g/mol. The quantitative estimate of drug-likeness (QED) is 0.313. The summed E-state index contributed by atoms with van der Waals surface area (Å²) in [4.78, 5) is 43.8. The normalized spacial score (nSPS) is 15.2. The topological polar surface area (TPSA) is 123 Å². The molecule has 5 rings (SSSR count). The second-order valence-corrected chi connectivity index (χ2v) is 10.2. The van der Waals surface area contributed by atoms with Gasteiger partial charge in [0.25, 0.3) is 11.8 Å². The molecule has 0 bridgehead atoms. The number of carbonyl (C=O) groups is 3.